The molecule has 38 heavy (non-hydrogen) atoms. The third-order valence-electron chi connectivity index (χ3n) is 7.49. The number of allylic oxidation sites excluding steroid dienone is 2. The molecule has 1 aliphatic heterocycles. The zero-order chi connectivity index (χ0) is 27.1. The van der Waals surface area contributed by atoms with Crippen LogP contribution in [0.1, 0.15) is 77.7 Å². The highest BCUT2D eigenvalue weighted by Gasteiger charge is 2.30. The van der Waals surface area contributed by atoms with Crippen LogP contribution in [-0.4, -0.2) is 11.7 Å². The predicted octanol–water partition coefficient (Wildman–Crippen LogP) is 7.78. The monoisotopic (exact) mass is 532 g/mol. The van der Waals surface area contributed by atoms with E-state index in [0.717, 1.165) is 0 Å². The van der Waals surface area contributed by atoms with Gasteiger partial charge in [-0.05, 0) is 67.2 Å². The maximum atomic E-state index is 15.0. The van der Waals surface area contributed by atoms with Gasteiger partial charge in [0.05, 0.1) is 12.7 Å². The van der Waals surface area contributed by atoms with Crippen molar-refractivity contribution in [2.75, 3.05) is 6.61 Å². The number of aryl methyl sites for hydroxylation is 2. The number of aliphatic hydroxyl groups excluding tert-OH is 1. The molecule has 1 fully saturated rings. The molecule has 2 nitrogen and oxygen atoms in total. The lowest BCUT2D eigenvalue weighted by Gasteiger charge is -2.24. The van der Waals surface area contributed by atoms with Crippen molar-refractivity contribution >= 4 is 5.57 Å². The smallest absolute Gasteiger partial charge is 0.166 e. The van der Waals surface area contributed by atoms with Crippen LogP contribution in [0, 0.1) is 34.9 Å². The van der Waals surface area contributed by atoms with Gasteiger partial charge in [-0.2, -0.15) is 0 Å². The predicted molar refractivity (Wildman–Crippen MR) is 130 cm³/mol. The van der Waals surface area contributed by atoms with E-state index >= 15 is 4.39 Å². The fourth-order valence-electron chi connectivity index (χ4n) is 5.15. The fourth-order valence-corrected chi connectivity index (χ4v) is 5.15. The van der Waals surface area contributed by atoms with Gasteiger partial charge in [0.1, 0.15) is 6.10 Å². The summed E-state index contributed by atoms with van der Waals surface area (Å²) in [5.41, 5.74) is 1.01. The lowest BCUT2D eigenvalue weighted by atomic mass is 9.81. The molecule has 0 radical (unpaired) electrons. The summed E-state index contributed by atoms with van der Waals surface area (Å²) in [6.45, 7) is 1.69. The highest BCUT2D eigenvalue weighted by atomic mass is 19.2. The fraction of sp³-hybridized carbons (Fsp3) is 0.333. The minimum Gasteiger partial charge on any atom is -0.389 e. The van der Waals surface area contributed by atoms with E-state index in [9.17, 15) is 27.1 Å². The summed E-state index contributed by atoms with van der Waals surface area (Å²) in [4.78, 5) is 0. The average molecular weight is 533 g/mol. The van der Waals surface area contributed by atoms with E-state index in [4.69, 9.17) is 4.74 Å². The van der Waals surface area contributed by atoms with Gasteiger partial charge in [-0.1, -0.05) is 42.5 Å². The molecule has 3 aromatic rings. The second kappa shape index (κ2) is 10.6. The summed E-state index contributed by atoms with van der Waals surface area (Å²) < 4.78 is 92.6. The first-order valence-electron chi connectivity index (χ1n) is 12.6. The average Bonchev–Trinajstić information content (AvgIpc) is 3.74. The highest BCUT2D eigenvalue weighted by molar-refractivity contribution is 5.67. The summed E-state index contributed by atoms with van der Waals surface area (Å²) in [5.74, 6) is -6.48. The van der Waals surface area contributed by atoms with E-state index in [1.807, 2.05) is 0 Å². The minimum absolute atomic E-state index is 0.00420. The molecule has 5 rings (SSSR count). The van der Waals surface area contributed by atoms with Crippen molar-refractivity contribution in [1.82, 2.24) is 0 Å². The lowest BCUT2D eigenvalue weighted by molar-refractivity contribution is 0.192. The Labute approximate surface area is 216 Å². The van der Waals surface area contributed by atoms with Gasteiger partial charge in [0.25, 0.3) is 0 Å². The zero-order valence-electron chi connectivity index (χ0n) is 20.6. The van der Waals surface area contributed by atoms with Crippen LogP contribution in [-0.2, 0) is 17.6 Å². The van der Waals surface area contributed by atoms with Crippen LogP contribution >= 0.6 is 0 Å². The van der Waals surface area contributed by atoms with Crippen molar-refractivity contribution in [3.05, 3.63) is 111 Å². The lowest BCUT2D eigenvalue weighted by Crippen LogP contribution is -2.10. The first-order valence-corrected chi connectivity index (χ1v) is 12.6. The van der Waals surface area contributed by atoms with Gasteiger partial charge in [-0.3, -0.25) is 0 Å². The van der Waals surface area contributed by atoms with Crippen molar-refractivity contribution in [3.8, 4) is 0 Å². The SMILES string of the molecule is CC(O)c1ccc(C2=CCC(c3ccc(CCc4ccc(C5CO5)c(F)c4F)c(F)c3F)CC2)c(F)c1F. The molecule has 3 atom stereocenters. The van der Waals surface area contributed by atoms with Crippen molar-refractivity contribution < 1.29 is 36.2 Å². The minimum atomic E-state index is -1.15. The maximum absolute atomic E-state index is 15.0. The summed E-state index contributed by atoms with van der Waals surface area (Å²) >= 11 is 0. The maximum Gasteiger partial charge on any atom is 0.166 e. The molecule has 0 amide bonds. The third kappa shape index (κ3) is 4.99. The van der Waals surface area contributed by atoms with E-state index in [1.165, 1.54) is 43.3 Å². The zero-order valence-corrected chi connectivity index (χ0v) is 20.6. The van der Waals surface area contributed by atoms with Crippen LogP contribution in [0.5, 0.6) is 0 Å². The van der Waals surface area contributed by atoms with E-state index in [-0.39, 0.29) is 52.1 Å². The van der Waals surface area contributed by atoms with E-state index in [1.54, 1.807) is 6.08 Å². The quantitative estimate of drug-likeness (QED) is 0.249. The highest BCUT2D eigenvalue weighted by Crippen LogP contribution is 2.39. The van der Waals surface area contributed by atoms with Crippen molar-refractivity contribution in [3.63, 3.8) is 0 Å². The topological polar surface area (TPSA) is 32.8 Å². The Bertz CT molecular complexity index is 1410. The number of hydrogen-bond acceptors (Lipinski definition) is 2. The van der Waals surface area contributed by atoms with Gasteiger partial charge in [-0.15, -0.1) is 0 Å². The number of aliphatic hydroxyl groups is 1. The molecule has 0 saturated carbocycles. The number of epoxide rings is 1. The second-order valence-electron chi connectivity index (χ2n) is 9.91. The number of halogens is 6. The standard InChI is InChI=1S/C30H26F6O2/c1-15(37)20-12-13-22(29(35)27(20)33)17-4-2-16(3-5-17)21-10-8-18(25(31)28(21)34)6-7-19-9-11-23(24-14-38-24)30(36)26(19)32/h4,8-13,15-16,24,37H,2-3,5-7,14H2,1H3. The Morgan fingerprint density at radius 3 is 1.95 bits per heavy atom. The first kappa shape index (κ1) is 26.5. The molecule has 200 valence electrons. The van der Waals surface area contributed by atoms with Crippen LogP contribution in [0.15, 0.2) is 42.5 Å². The van der Waals surface area contributed by atoms with E-state index in [2.05, 4.69) is 0 Å². The van der Waals surface area contributed by atoms with Gasteiger partial charge in [0.2, 0.25) is 0 Å². The van der Waals surface area contributed by atoms with Gasteiger partial charge in [0.15, 0.2) is 34.9 Å². The number of ether oxygens (including phenoxy) is 1. The van der Waals surface area contributed by atoms with Crippen molar-refractivity contribution in [2.24, 2.45) is 0 Å². The molecule has 0 bridgehead atoms. The Kier molecular flexibility index (Phi) is 7.38. The molecule has 1 aliphatic carbocycles. The Balaban J connectivity index is 1.29. The molecule has 2 aliphatic rings. The van der Waals surface area contributed by atoms with Crippen LogP contribution < -0.4 is 0 Å². The molecule has 8 heteroatoms. The third-order valence-corrected chi connectivity index (χ3v) is 7.49. The van der Waals surface area contributed by atoms with Gasteiger partial charge in [0, 0.05) is 16.7 Å². The van der Waals surface area contributed by atoms with Crippen molar-refractivity contribution in [2.45, 2.75) is 57.2 Å². The largest absolute Gasteiger partial charge is 0.389 e. The molecule has 1 heterocycles. The van der Waals surface area contributed by atoms with Crippen LogP contribution in [0.3, 0.4) is 0 Å². The molecule has 1 N–H and O–H groups in total. The summed E-state index contributed by atoms with van der Waals surface area (Å²) in [5, 5.41) is 9.58. The molecule has 0 spiro atoms. The van der Waals surface area contributed by atoms with Gasteiger partial charge in [-0.25, -0.2) is 26.3 Å². The molecule has 1 saturated heterocycles. The summed E-state index contributed by atoms with van der Waals surface area (Å²) in [6, 6.07) is 8.62. The second-order valence-corrected chi connectivity index (χ2v) is 9.91. The normalized spacial score (nSPS) is 19.8. The molecule has 3 unspecified atom stereocenters. The van der Waals surface area contributed by atoms with Gasteiger partial charge >= 0.3 is 0 Å². The number of rotatable bonds is 7. The number of benzene rings is 3. The van der Waals surface area contributed by atoms with Crippen LogP contribution in [0.2, 0.25) is 0 Å². The van der Waals surface area contributed by atoms with Gasteiger partial charge < -0.3 is 9.84 Å². The molecular formula is C30H26F6O2. The Morgan fingerprint density at radius 1 is 0.789 bits per heavy atom. The van der Waals surface area contributed by atoms with E-state index < -0.39 is 47.1 Å². The van der Waals surface area contributed by atoms with Crippen LogP contribution in [0.25, 0.3) is 5.57 Å². The summed E-state index contributed by atoms with van der Waals surface area (Å²) in [7, 11) is 0. The molecule has 3 aromatic carbocycles. The number of hydrogen-bond donors (Lipinski definition) is 1. The molecule has 0 aromatic heterocycles. The Hall–Kier alpha value is -3.10. The van der Waals surface area contributed by atoms with E-state index in [0.29, 0.717) is 31.4 Å². The summed E-state index contributed by atoms with van der Waals surface area (Å²) in [6.07, 6.45) is 1.16. The van der Waals surface area contributed by atoms with Crippen LogP contribution in [0.4, 0.5) is 26.3 Å². The Morgan fingerprint density at radius 2 is 1.39 bits per heavy atom. The van der Waals surface area contributed by atoms with Crippen molar-refractivity contribution in [1.29, 1.82) is 0 Å². The first-order chi connectivity index (χ1) is 18.2. The molecular weight excluding hydrogens is 506 g/mol.